The lowest BCUT2D eigenvalue weighted by molar-refractivity contribution is 0.242. The fraction of sp³-hybridized carbons (Fsp3) is 1.00. The van der Waals surface area contributed by atoms with Crippen LogP contribution in [0, 0.1) is 0 Å². The third kappa shape index (κ3) is 11.7. The van der Waals surface area contributed by atoms with Crippen molar-refractivity contribution in [3.8, 4) is 0 Å². The van der Waals surface area contributed by atoms with Crippen molar-refractivity contribution in [2.75, 3.05) is 32.1 Å². The summed E-state index contributed by atoms with van der Waals surface area (Å²) in [7, 11) is -0.905. The van der Waals surface area contributed by atoms with Crippen LogP contribution in [-0.2, 0) is 9.84 Å². The second kappa shape index (κ2) is 11.5. The van der Waals surface area contributed by atoms with Crippen molar-refractivity contribution in [2.45, 2.75) is 64.3 Å². The second-order valence-corrected chi connectivity index (χ2v) is 8.17. The van der Waals surface area contributed by atoms with Gasteiger partial charge >= 0.3 is 0 Å². The molecule has 4 nitrogen and oxygen atoms in total. The highest BCUT2D eigenvalue weighted by Gasteiger charge is 2.14. The number of hydrogen-bond donors (Lipinski definition) is 1. The Labute approximate surface area is 126 Å². The number of nitrogens with zero attached hydrogens (tertiary/aromatic N) is 1. The van der Waals surface area contributed by atoms with E-state index in [0.29, 0.717) is 19.1 Å². The van der Waals surface area contributed by atoms with Crippen LogP contribution in [0.2, 0.25) is 0 Å². The third-order valence-electron chi connectivity index (χ3n) is 3.85. The first-order chi connectivity index (χ1) is 9.40. The molecule has 1 atom stereocenters. The van der Waals surface area contributed by atoms with E-state index in [9.17, 15) is 8.42 Å². The molecule has 0 aromatic heterocycles. The number of hydrogen-bond acceptors (Lipinski definition) is 4. The first-order valence-corrected chi connectivity index (χ1v) is 10.0. The summed E-state index contributed by atoms with van der Waals surface area (Å²) in [5.74, 6) is 0.219. The summed E-state index contributed by atoms with van der Waals surface area (Å²) < 4.78 is 22.3. The molecule has 0 radical (unpaired) electrons. The molecule has 0 amide bonds. The predicted molar refractivity (Wildman–Crippen MR) is 87.8 cm³/mol. The first kappa shape index (κ1) is 19.9. The van der Waals surface area contributed by atoms with Crippen LogP contribution in [0.15, 0.2) is 0 Å². The Morgan fingerprint density at radius 2 is 1.60 bits per heavy atom. The average Bonchev–Trinajstić information content (AvgIpc) is 2.38. The summed E-state index contributed by atoms with van der Waals surface area (Å²) in [4.78, 5) is 2.10. The maximum absolute atomic E-state index is 11.2. The number of unbranched alkanes of at least 4 members (excludes halogenated alkanes) is 6. The standard InChI is InChI=1S/C15H34N2O2S/c1-4-5-6-7-8-9-10-11-15(14-16)17(2)12-13-20(3,18)19/h15H,4-14,16H2,1-3H3. The first-order valence-electron chi connectivity index (χ1n) is 7.98. The van der Waals surface area contributed by atoms with E-state index in [4.69, 9.17) is 5.73 Å². The average molecular weight is 307 g/mol. The van der Waals surface area contributed by atoms with Gasteiger partial charge in [-0.05, 0) is 13.5 Å². The zero-order chi connectivity index (χ0) is 15.4. The van der Waals surface area contributed by atoms with E-state index < -0.39 is 9.84 Å². The molecule has 122 valence electrons. The van der Waals surface area contributed by atoms with Crippen molar-refractivity contribution in [1.29, 1.82) is 0 Å². The van der Waals surface area contributed by atoms with Gasteiger partial charge in [0.05, 0.1) is 5.75 Å². The third-order valence-corrected chi connectivity index (χ3v) is 4.78. The van der Waals surface area contributed by atoms with Gasteiger partial charge in [0.1, 0.15) is 9.84 Å². The van der Waals surface area contributed by atoms with E-state index in [1.165, 1.54) is 51.2 Å². The molecule has 0 aliphatic carbocycles. The SMILES string of the molecule is CCCCCCCCCC(CN)N(C)CCS(C)(=O)=O. The molecule has 0 aliphatic rings. The molecule has 0 spiro atoms. The molecule has 20 heavy (non-hydrogen) atoms. The number of likely N-dealkylation sites (N-methyl/N-ethyl adjacent to an activating group) is 1. The Hall–Kier alpha value is -0.130. The molecule has 0 aliphatic heterocycles. The summed E-state index contributed by atoms with van der Waals surface area (Å²) in [6, 6.07) is 0.312. The van der Waals surface area contributed by atoms with Crippen molar-refractivity contribution in [3.05, 3.63) is 0 Å². The van der Waals surface area contributed by atoms with E-state index in [1.807, 2.05) is 7.05 Å². The molecule has 0 heterocycles. The lowest BCUT2D eigenvalue weighted by Gasteiger charge is -2.26. The number of sulfone groups is 1. The lowest BCUT2D eigenvalue weighted by atomic mass is 10.0. The van der Waals surface area contributed by atoms with E-state index in [-0.39, 0.29) is 5.75 Å². The van der Waals surface area contributed by atoms with Crippen LogP contribution in [-0.4, -0.2) is 51.5 Å². The minimum atomic E-state index is -2.88. The fourth-order valence-electron chi connectivity index (χ4n) is 2.35. The Bertz CT molecular complexity index is 318. The maximum atomic E-state index is 11.2. The van der Waals surface area contributed by atoms with E-state index in [2.05, 4.69) is 11.8 Å². The van der Waals surface area contributed by atoms with Gasteiger partial charge in [0, 0.05) is 25.4 Å². The quantitative estimate of drug-likeness (QED) is 0.531. The van der Waals surface area contributed by atoms with E-state index in [0.717, 1.165) is 6.42 Å². The molecule has 0 saturated heterocycles. The minimum absolute atomic E-state index is 0.219. The van der Waals surface area contributed by atoms with Gasteiger partial charge in [-0.25, -0.2) is 8.42 Å². The van der Waals surface area contributed by atoms with Gasteiger partial charge < -0.3 is 10.6 Å². The van der Waals surface area contributed by atoms with Gasteiger partial charge in [0.15, 0.2) is 0 Å². The van der Waals surface area contributed by atoms with Gasteiger partial charge in [-0.3, -0.25) is 0 Å². The van der Waals surface area contributed by atoms with Crippen LogP contribution in [0.5, 0.6) is 0 Å². The molecular formula is C15H34N2O2S. The molecule has 5 heteroatoms. The normalized spacial score (nSPS) is 13.8. The lowest BCUT2D eigenvalue weighted by Crippen LogP contribution is -2.40. The molecule has 0 bridgehead atoms. The van der Waals surface area contributed by atoms with Crippen LogP contribution >= 0.6 is 0 Å². The van der Waals surface area contributed by atoms with E-state index in [1.54, 1.807) is 0 Å². The van der Waals surface area contributed by atoms with Gasteiger partial charge in [0.2, 0.25) is 0 Å². The Morgan fingerprint density at radius 1 is 1.05 bits per heavy atom. The van der Waals surface area contributed by atoms with Crippen LogP contribution < -0.4 is 5.73 Å². The second-order valence-electron chi connectivity index (χ2n) is 5.91. The highest BCUT2D eigenvalue weighted by Crippen LogP contribution is 2.11. The molecule has 0 aromatic carbocycles. The fourth-order valence-corrected chi connectivity index (χ4v) is 2.97. The van der Waals surface area contributed by atoms with Gasteiger partial charge in [-0.15, -0.1) is 0 Å². The predicted octanol–water partition coefficient (Wildman–Crippen LogP) is 2.43. The zero-order valence-corrected chi connectivity index (χ0v) is 14.4. The van der Waals surface area contributed by atoms with Crippen molar-refractivity contribution in [3.63, 3.8) is 0 Å². The van der Waals surface area contributed by atoms with Crippen LogP contribution in [0.25, 0.3) is 0 Å². The van der Waals surface area contributed by atoms with Crippen molar-refractivity contribution in [1.82, 2.24) is 4.90 Å². The van der Waals surface area contributed by atoms with Crippen molar-refractivity contribution in [2.24, 2.45) is 5.73 Å². The van der Waals surface area contributed by atoms with Gasteiger partial charge in [0.25, 0.3) is 0 Å². The molecule has 0 fully saturated rings. The Morgan fingerprint density at radius 3 is 2.10 bits per heavy atom. The van der Waals surface area contributed by atoms with Crippen LogP contribution in [0.3, 0.4) is 0 Å². The summed E-state index contributed by atoms with van der Waals surface area (Å²) in [6.45, 7) is 3.42. The topological polar surface area (TPSA) is 63.4 Å². The largest absolute Gasteiger partial charge is 0.329 e. The van der Waals surface area contributed by atoms with Gasteiger partial charge in [-0.1, -0.05) is 51.9 Å². The highest BCUT2D eigenvalue weighted by atomic mass is 32.2. The molecule has 1 unspecified atom stereocenters. The summed E-state index contributed by atoms with van der Waals surface area (Å²) in [5.41, 5.74) is 5.80. The monoisotopic (exact) mass is 306 g/mol. The molecule has 2 N–H and O–H groups in total. The summed E-state index contributed by atoms with van der Waals surface area (Å²) in [5, 5.41) is 0. The van der Waals surface area contributed by atoms with Crippen molar-refractivity contribution >= 4 is 9.84 Å². The number of nitrogens with two attached hydrogens (primary N) is 1. The highest BCUT2D eigenvalue weighted by molar-refractivity contribution is 7.90. The summed E-state index contributed by atoms with van der Waals surface area (Å²) in [6.07, 6.45) is 11.5. The van der Waals surface area contributed by atoms with Crippen LogP contribution in [0.4, 0.5) is 0 Å². The Balaban J connectivity index is 3.74. The van der Waals surface area contributed by atoms with Crippen LogP contribution in [0.1, 0.15) is 58.3 Å². The van der Waals surface area contributed by atoms with E-state index >= 15 is 0 Å². The molecule has 0 aromatic rings. The zero-order valence-electron chi connectivity index (χ0n) is 13.6. The smallest absolute Gasteiger partial charge is 0.148 e. The Kier molecular flexibility index (Phi) is 11.4. The van der Waals surface area contributed by atoms with Gasteiger partial charge in [-0.2, -0.15) is 0 Å². The molecule has 0 rings (SSSR count). The minimum Gasteiger partial charge on any atom is -0.329 e. The van der Waals surface area contributed by atoms with Crippen molar-refractivity contribution < 1.29 is 8.42 Å². The molecule has 0 saturated carbocycles. The molecular weight excluding hydrogens is 272 g/mol. The number of rotatable bonds is 13. The summed E-state index contributed by atoms with van der Waals surface area (Å²) >= 11 is 0. The maximum Gasteiger partial charge on any atom is 0.148 e.